The molecule has 0 aliphatic heterocycles. The Balaban J connectivity index is 3.07. The van der Waals surface area contributed by atoms with E-state index in [2.05, 4.69) is 8.86 Å². The molecule has 0 unspecified atom stereocenters. The number of hydrogen-bond donors (Lipinski definition) is 0. The Morgan fingerprint density at radius 3 is 2.75 bits per heavy atom. The van der Waals surface area contributed by atoms with Gasteiger partial charge in [-0.05, 0) is 0 Å². The van der Waals surface area contributed by atoms with Crippen LogP contribution in [0.15, 0.2) is 24.3 Å². The van der Waals surface area contributed by atoms with Crippen molar-refractivity contribution in [2.24, 2.45) is 0 Å². The number of rotatable bonds is 3. The Morgan fingerprint density at radius 1 is 1.50 bits per heavy atom. The van der Waals surface area contributed by atoms with Crippen molar-refractivity contribution >= 4 is 20.3 Å². The first-order valence-electron chi connectivity index (χ1n) is 3.47. The number of nitro groups is 1. The number of nitro benzene ring substituents is 1. The zero-order valence-corrected chi connectivity index (χ0v) is 7.36. The molecule has 0 radical (unpaired) electrons. The first-order chi connectivity index (χ1) is 5.75. The van der Waals surface area contributed by atoms with E-state index in [9.17, 15) is 10.1 Å². The summed E-state index contributed by atoms with van der Waals surface area (Å²) in [7, 11) is 3.17. The maximum atomic E-state index is 10.5. The summed E-state index contributed by atoms with van der Waals surface area (Å²) in [5.41, 5.74) is 0.893. The van der Waals surface area contributed by atoms with Crippen LogP contribution in [0.1, 0.15) is 5.56 Å². The number of benzene rings is 1. The molecule has 0 amide bonds. The van der Waals surface area contributed by atoms with E-state index in [-0.39, 0.29) is 10.6 Å². The molecule has 1 aromatic rings. The van der Waals surface area contributed by atoms with Gasteiger partial charge in [0, 0.05) is 18.1 Å². The normalized spacial score (nSPS) is 9.33. The summed E-state index contributed by atoms with van der Waals surface area (Å²) in [6, 6.07) is 6.70. The number of para-hydroxylation sites is 1. The fourth-order valence-electron chi connectivity index (χ4n) is 0.972. The minimum absolute atomic E-state index is 0.173. The Hall–Kier alpha value is -1.21. The predicted molar refractivity (Wildman–Crippen MR) is 51.2 cm³/mol. The highest BCUT2D eigenvalue weighted by Crippen LogP contribution is 2.17. The molecular formula is C8H8NO2P. The SMILES string of the molecule is O=[N+]([O-])c1ccccc1CC=P. The van der Waals surface area contributed by atoms with E-state index in [1.54, 1.807) is 24.0 Å². The lowest BCUT2D eigenvalue weighted by Gasteiger charge is -1.97. The van der Waals surface area contributed by atoms with Gasteiger partial charge in [0.05, 0.1) is 4.92 Å². The van der Waals surface area contributed by atoms with Gasteiger partial charge in [-0.25, -0.2) is 0 Å². The van der Waals surface area contributed by atoms with Crippen molar-refractivity contribution in [2.45, 2.75) is 6.42 Å². The Bertz CT molecular complexity index is 312. The van der Waals surface area contributed by atoms with Crippen LogP contribution in [0.3, 0.4) is 0 Å². The zero-order chi connectivity index (χ0) is 8.97. The first-order valence-corrected chi connectivity index (χ1v) is 4.04. The zero-order valence-electron chi connectivity index (χ0n) is 6.36. The molecule has 0 bridgehead atoms. The van der Waals surface area contributed by atoms with Crippen LogP contribution in [0, 0.1) is 10.1 Å². The fourth-order valence-corrected chi connectivity index (χ4v) is 1.19. The van der Waals surface area contributed by atoms with Gasteiger partial charge >= 0.3 is 0 Å². The largest absolute Gasteiger partial charge is 0.272 e. The lowest BCUT2D eigenvalue weighted by molar-refractivity contribution is -0.385. The van der Waals surface area contributed by atoms with E-state index in [1.807, 2.05) is 0 Å². The molecule has 1 rings (SSSR count). The number of hydrogen-bond acceptors (Lipinski definition) is 2. The molecule has 12 heavy (non-hydrogen) atoms. The van der Waals surface area contributed by atoms with E-state index < -0.39 is 0 Å². The molecule has 0 aliphatic rings. The summed E-state index contributed by atoms with van der Waals surface area (Å²) in [6.07, 6.45) is 0.564. The maximum absolute atomic E-state index is 10.5. The predicted octanol–water partition coefficient (Wildman–Crippen LogP) is 2.08. The van der Waals surface area contributed by atoms with Gasteiger partial charge in [0.15, 0.2) is 0 Å². The second-order valence-electron chi connectivity index (χ2n) is 2.29. The van der Waals surface area contributed by atoms with E-state index in [0.29, 0.717) is 6.42 Å². The third-order valence-corrected chi connectivity index (χ3v) is 1.71. The summed E-state index contributed by atoms with van der Waals surface area (Å²) in [5, 5.41) is 10.5. The summed E-state index contributed by atoms with van der Waals surface area (Å²) >= 11 is 0. The van der Waals surface area contributed by atoms with Crippen molar-refractivity contribution in [2.75, 3.05) is 0 Å². The highest BCUT2D eigenvalue weighted by molar-refractivity contribution is 7.18. The number of nitrogens with zero attached hydrogens (tertiary/aromatic N) is 1. The Labute approximate surface area is 72.4 Å². The van der Waals surface area contributed by atoms with Crippen molar-refractivity contribution in [3.8, 4) is 0 Å². The summed E-state index contributed by atoms with van der Waals surface area (Å²) in [4.78, 5) is 10.1. The van der Waals surface area contributed by atoms with E-state index in [1.165, 1.54) is 6.07 Å². The Kier molecular flexibility index (Phi) is 2.94. The molecule has 3 nitrogen and oxygen atoms in total. The topological polar surface area (TPSA) is 43.1 Å². The van der Waals surface area contributed by atoms with Crippen LogP contribution in [0.25, 0.3) is 0 Å². The van der Waals surface area contributed by atoms with Gasteiger partial charge in [-0.2, -0.15) is 0 Å². The van der Waals surface area contributed by atoms with Gasteiger partial charge in [-0.3, -0.25) is 10.1 Å². The molecule has 1 aromatic carbocycles. The van der Waals surface area contributed by atoms with Crippen LogP contribution in [0.2, 0.25) is 0 Å². The lowest BCUT2D eigenvalue weighted by atomic mass is 10.1. The van der Waals surface area contributed by atoms with Crippen LogP contribution in [-0.4, -0.2) is 10.7 Å². The van der Waals surface area contributed by atoms with E-state index >= 15 is 0 Å². The van der Waals surface area contributed by atoms with Gasteiger partial charge < -0.3 is 0 Å². The molecule has 0 atom stereocenters. The van der Waals surface area contributed by atoms with Crippen molar-refractivity contribution in [3.05, 3.63) is 39.9 Å². The van der Waals surface area contributed by atoms with Crippen molar-refractivity contribution in [3.63, 3.8) is 0 Å². The van der Waals surface area contributed by atoms with Crippen molar-refractivity contribution in [1.29, 1.82) is 0 Å². The summed E-state index contributed by atoms with van der Waals surface area (Å²) in [6.45, 7) is 0. The summed E-state index contributed by atoms with van der Waals surface area (Å²) < 4.78 is 0. The van der Waals surface area contributed by atoms with Gasteiger partial charge in [0.25, 0.3) is 5.69 Å². The highest BCUT2D eigenvalue weighted by Gasteiger charge is 2.09. The van der Waals surface area contributed by atoms with Gasteiger partial charge in [0.1, 0.15) is 0 Å². The van der Waals surface area contributed by atoms with Crippen LogP contribution in [-0.2, 0) is 6.42 Å². The standard InChI is InChI=1S/C8H8NO2P/c10-9(11)8-4-2-1-3-7(8)5-6-12/h1-4,6,12H,5H2. The molecule has 0 saturated heterocycles. The van der Waals surface area contributed by atoms with E-state index in [0.717, 1.165) is 5.56 Å². The fraction of sp³-hybridized carbons (Fsp3) is 0.125. The molecule has 0 aliphatic carbocycles. The third kappa shape index (κ3) is 1.89. The minimum Gasteiger partial charge on any atom is -0.258 e. The molecule has 0 aromatic heterocycles. The molecular weight excluding hydrogens is 173 g/mol. The molecule has 0 saturated carbocycles. The van der Waals surface area contributed by atoms with Crippen LogP contribution >= 0.6 is 8.86 Å². The minimum atomic E-state index is -0.370. The molecule has 62 valence electrons. The smallest absolute Gasteiger partial charge is 0.258 e. The van der Waals surface area contributed by atoms with Crippen LogP contribution in [0.5, 0.6) is 0 Å². The summed E-state index contributed by atoms with van der Waals surface area (Å²) in [5.74, 6) is 1.71. The first kappa shape index (κ1) is 8.88. The molecule has 0 N–H and O–H groups in total. The maximum Gasteiger partial charge on any atom is 0.272 e. The van der Waals surface area contributed by atoms with Gasteiger partial charge in [0.2, 0.25) is 0 Å². The second kappa shape index (κ2) is 3.98. The highest BCUT2D eigenvalue weighted by atomic mass is 31.0. The average Bonchev–Trinajstić information content (AvgIpc) is 2.05. The van der Waals surface area contributed by atoms with E-state index in [4.69, 9.17) is 0 Å². The average molecular weight is 181 g/mol. The van der Waals surface area contributed by atoms with Gasteiger partial charge in [-0.15, -0.1) is 8.86 Å². The van der Waals surface area contributed by atoms with Gasteiger partial charge in [-0.1, -0.05) is 24.0 Å². The molecule has 0 spiro atoms. The van der Waals surface area contributed by atoms with Crippen LogP contribution < -0.4 is 0 Å². The lowest BCUT2D eigenvalue weighted by Crippen LogP contribution is -1.94. The second-order valence-corrected chi connectivity index (χ2v) is 2.70. The molecule has 0 fully saturated rings. The van der Waals surface area contributed by atoms with Crippen LogP contribution in [0.4, 0.5) is 5.69 Å². The quantitative estimate of drug-likeness (QED) is 0.407. The van der Waals surface area contributed by atoms with Crippen molar-refractivity contribution < 1.29 is 4.92 Å². The molecule has 0 heterocycles. The van der Waals surface area contributed by atoms with Crippen molar-refractivity contribution in [1.82, 2.24) is 0 Å². The Morgan fingerprint density at radius 2 is 2.17 bits per heavy atom. The monoisotopic (exact) mass is 181 g/mol. The molecule has 4 heteroatoms. The third-order valence-electron chi connectivity index (χ3n) is 1.51.